The summed E-state index contributed by atoms with van der Waals surface area (Å²) in [6.07, 6.45) is 4.71. The van der Waals surface area contributed by atoms with Gasteiger partial charge in [-0.3, -0.25) is 4.79 Å². The van der Waals surface area contributed by atoms with E-state index >= 15 is 0 Å². The molecule has 3 heterocycles. The van der Waals surface area contributed by atoms with Crippen LogP contribution in [0.25, 0.3) is 22.0 Å². The van der Waals surface area contributed by atoms with Gasteiger partial charge in [0.1, 0.15) is 22.5 Å². The summed E-state index contributed by atoms with van der Waals surface area (Å²) in [5.41, 5.74) is 7.37. The zero-order valence-electron chi connectivity index (χ0n) is 19.5. The van der Waals surface area contributed by atoms with E-state index in [0.29, 0.717) is 34.3 Å². The van der Waals surface area contributed by atoms with Gasteiger partial charge in [-0.2, -0.15) is 0 Å². The highest BCUT2D eigenvalue weighted by atomic mass is 35.5. The fourth-order valence-corrected chi connectivity index (χ4v) is 4.11. The Labute approximate surface area is 215 Å². The van der Waals surface area contributed by atoms with Crippen LogP contribution in [0.2, 0.25) is 5.02 Å². The largest absolute Gasteiger partial charge is 0.453 e. The Morgan fingerprint density at radius 3 is 2.51 bits per heavy atom. The first-order valence-corrected chi connectivity index (χ1v) is 11.7. The number of anilines is 3. The molecule has 0 aliphatic carbocycles. The molecular formula is C27H20ClF2N5O2. The molecule has 0 saturated carbocycles. The molecule has 5 rings (SSSR count). The van der Waals surface area contributed by atoms with Crippen molar-refractivity contribution in [3.05, 3.63) is 100 Å². The summed E-state index contributed by atoms with van der Waals surface area (Å²) in [6.45, 7) is 2.53. The first-order chi connectivity index (χ1) is 17.9. The Hall–Kier alpha value is -4.50. The van der Waals surface area contributed by atoms with Gasteiger partial charge in [-0.15, -0.1) is 0 Å². The van der Waals surface area contributed by atoms with Crippen molar-refractivity contribution in [3.63, 3.8) is 0 Å². The molecule has 186 valence electrons. The fraction of sp³-hybridized carbons (Fsp3) is 0.0741. The average Bonchev–Trinajstić information content (AvgIpc) is 2.89. The molecule has 0 radical (unpaired) electrons. The first-order valence-electron chi connectivity index (χ1n) is 11.3. The number of halogens is 3. The second kappa shape index (κ2) is 9.87. The highest BCUT2D eigenvalue weighted by Gasteiger charge is 2.16. The maximum absolute atomic E-state index is 14.9. The smallest absolute Gasteiger partial charge is 0.200 e. The van der Waals surface area contributed by atoms with Gasteiger partial charge < -0.3 is 20.4 Å². The molecule has 0 fully saturated rings. The number of nitrogens with zero attached hydrogens (tertiary/aromatic N) is 3. The van der Waals surface area contributed by atoms with Crippen LogP contribution in [0.5, 0.6) is 11.5 Å². The van der Waals surface area contributed by atoms with Crippen molar-refractivity contribution in [2.45, 2.75) is 13.5 Å². The van der Waals surface area contributed by atoms with Gasteiger partial charge >= 0.3 is 0 Å². The Bertz CT molecular complexity index is 1690. The number of hydrogen-bond donors (Lipinski definition) is 2. The molecule has 0 atom stereocenters. The van der Waals surface area contributed by atoms with Gasteiger partial charge in [0, 0.05) is 48.5 Å². The Morgan fingerprint density at radius 2 is 1.78 bits per heavy atom. The van der Waals surface area contributed by atoms with Crippen molar-refractivity contribution in [1.29, 1.82) is 0 Å². The van der Waals surface area contributed by atoms with Crippen LogP contribution in [-0.2, 0) is 6.54 Å². The van der Waals surface area contributed by atoms with Crippen molar-refractivity contribution in [2.24, 2.45) is 0 Å². The minimum absolute atomic E-state index is 0.0673. The van der Waals surface area contributed by atoms with Crippen LogP contribution in [0.3, 0.4) is 0 Å². The van der Waals surface area contributed by atoms with Gasteiger partial charge in [0.25, 0.3) is 0 Å². The van der Waals surface area contributed by atoms with Crippen LogP contribution >= 0.6 is 11.6 Å². The van der Waals surface area contributed by atoms with Crippen molar-refractivity contribution in [2.75, 3.05) is 11.1 Å². The molecular weight excluding hydrogens is 500 g/mol. The van der Waals surface area contributed by atoms with Crippen LogP contribution in [0.1, 0.15) is 6.92 Å². The molecule has 5 aromatic rings. The number of nitrogens with one attached hydrogen (secondary N) is 1. The topological polar surface area (TPSA) is 95.1 Å². The van der Waals surface area contributed by atoms with E-state index in [1.165, 1.54) is 36.5 Å². The zero-order valence-corrected chi connectivity index (χ0v) is 20.3. The molecule has 7 nitrogen and oxygen atoms in total. The minimum atomic E-state index is -0.672. The number of nitrogen functional groups attached to an aromatic ring is 1. The monoisotopic (exact) mass is 519 g/mol. The number of aryl methyl sites for hydroxylation is 1. The van der Waals surface area contributed by atoms with E-state index in [0.717, 1.165) is 0 Å². The lowest BCUT2D eigenvalue weighted by atomic mass is 10.0. The third-order valence-corrected chi connectivity index (χ3v) is 6.17. The Morgan fingerprint density at radius 1 is 1.03 bits per heavy atom. The second-order valence-corrected chi connectivity index (χ2v) is 8.48. The van der Waals surface area contributed by atoms with Crippen molar-refractivity contribution in [1.82, 2.24) is 14.5 Å². The van der Waals surface area contributed by atoms with Gasteiger partial charge in [0.05, 0.1) is 10.9 Å². The van der Waals surface area contributed by atoms with E-state index in [4.69, 9.17) is 22.1 Å². The number of ether oxygens (including phenoxy) is 1. The van der Waals surface area contributed by atoms with Gasteiger partial charge in [0.15, 0.2) is 17.3 Å². The van der Waals surface area contributed by atoms with Crippen molar-refractivity contribution >= 4 is 39.8 Å². The van der Waals surface area contributed by atoms with Crippen LogP contribution in [0, 0.1) is 11.6 Å². The van der Waals surface area contributed by atoms with Gasteiger partial charge in [-0.25, -0.2) is 18.7 Å². The lowest BCUT2D eigenvalue weighted by Gasteiger charge is -2.15. The van der Waals surface area contributed by atoms with E-state index in [1.54, 1.807) is 36.7 Å². The third kappa shape index (κ3) is 4.68. The quantitative estimate of drug-likeness (QED) is 0.265. The van der Waals surface area contributed by atoms with Gasteiger partial charge in [-0.05, 0) is 42.8 Å². The third-order valence-electron chi connectivity index (χ3n) is 5.79. The predicted octanol–water partition coefficient (Wildman–Crippen LogP) is 6.53. The normalized spacial score (nSPS) is 11.0. The number of benzene rings is 2. The molecule has 3 aromatic heterocycles. The number of fused-ring (bicyclic) bond motifs is 1. The van der Waals surface area contributed by atoms with E-state index in [2.05, 4.69) is 15.3 Å². The molecule has 0 saturated heterocycles. The van der Waals surface area contributed by atoms with Crippen LogP contribution < -0.4 is 21.2 Å². The highest BCUT2D eigenvalue weighted by Crippen LogP contribution is 2.34. The average molecular weight is 520 g/mol. The summed E-state index contributed by atoms with van der Waals surface area (Å²) in [5.74, 6) is -0.652. The molecule has 3 N–H and O–H groups in total. The number of hydrogen-bond acceptors (Lipinski definition) is 6. The highest BCUT2D eigenvalue weighted by molar-refractivity contribution is 6.34. The van der Waals surface area contributed by atoms with Crippen LogP contribution in [0.4, 0.5) is 26.1 Å². The Kier molecular flexibility index (Phi) is 6.45. The molecule has 2 aromatic carbocycles. The molecule has 0 bridgehead atoms. The van der Waals surface area contributed by atoms with E-state index < -0.39 is 11.6 Å². The van der Waals surface area contributed by atoms with Crippen LogP contribution in [-0.4, -0.2) is 14.5 Å². The van der Waals surface area contributed by atoms with Crippen molar-refractivity contribution < 1.29 is 13.5 Å². The van der Waals surface area contributed by atoms with Crippen LogP contribution in [0.15, 0.2) is 78.0 Å². The summed E-state index contributed by atoms with van der Waals surface area (Å²) in [4.78, 5) is 21.8. The molecule has 10 heteroatoms. The zero-order chi connectivity index (χ0) is 26.1. The lowest BCUT2D eigenvalue weighted by molar-refractivity contribution is 0.442. The van der Waals surface area contributed by atoms with Gasteiger partial charge in [-0.1, -0.05) is 23.7 Å². The summed E-state index contributed by atoms with van der Waals surface area (Å²) >= 11 is 6.09. The summed E-state index contributed by atoms with van der Waals surface area (Å²) in [5, 5.41) is 3.45. The molecule has 37 heavy (non-hydrogen) atoms. The SMILES string of the molecule is CCn1cc(-c2ccc(F)cc2)c(=O)c2c(Nc3ccc(Oc4ccnc(N)c4Cl)c(F)c3)nccc21. The molecule has 0 aliphatic heterocycles. The number of rotatable bonds is 6. The number of aromatic nitrogens is 3. The molecule has 0 amide bonds. The maximum atomic E-state index is 14.9. The molecule has 0 spiro atoms. The maximum Gasteiger partial charge on any atom is 0.200 e. The number of nitrogens with two attached hydrogens (primary N) is 1. The summed E-state index contributed by atoms with van der Waals surface area (Å²) < 4.78 is 35.9. The van der Waals surface area contributed by atoms with E-state index in [9.17, 15) is 13.6 Å². The van der Waals surface area contributed by atoms with Crippen molar-refractivity contribution in [3.8, 4) is 22.6 Å². The van der Waals surface area contributed by atoms with E-state index in [-0.39, 0.29) is 33.6 Å². The summed E-state index contributed by atoms with van der Waals surface area (Å²) in [7, 11) is 0. The first kappa shape index (κ1) is 24.2. The van der Waals surface area contributed by atoms with E-state index in [1.807, 2.05) is 11.5 Å². The number of pyridine rings is 3. The standard InChI is InChI=1S/C27H20ClF2N5O2/c1-2-35-14-18(15-3-5-16(29)6-4-15)25(36)23-20(35)9-11-33-27(23)34-17-7-8-21(19(30)13-17)37-22-10-12-32-26(31)24(22)28/h3-14H,2H2,1H3,(H2,31,32)(H,33,34). The summed E-state index contributed by atoms with van der Waals surface area (Å²) in [6, 6.07) is 13.1. The fourth-order valence-electron chi connectivity index (χ4n) is 3.96. The Balaban J connectivity index is 1.54. The molecule has 0 unspecified atom stereocenters. The minimum Gasteiger partial charge on any atom is -0.453 e. The molecule has 0 aliphatic rings. The predicted molar refractivity (Wildman–Crippen MR) is 140 cm³/mol. The van der Waals surface area contributed by atoms with Gasteiger partial charge in [0.2, 0.25) is 5.43 Å². The second-order valence-electron chi connectivity index (χ2n) is 8.10. The lowest BCUT2D eigenvalue weighted by Crippen LogP contribution is -2.14.